The van der Waals surface area contributed by atoms with Crippen molar-refractivity contribution in [3.05, 3.63) is 0 Å². The largest absolute Gasteiger partial charge is 0.378 e. The molecule has 40 heavy (non-hydrogen) atoms. The number of halogens is 2. The minimum absolute atomic E-state index is 0.519. The molecule has 0 atom stereocenters. The van der Waals surface area contributed by atoms with Crippen molar-refractivity contribution < 1.29 is 56.8 Å². The molecule has 0 aliphatic carbocycles. The van der Waals surface area contributed by atoms with Crippen LogP contribution in [0.15, 0.2) is 0 Å². The van der Waals surface area contributed by atoms with Crippen LogP contribution in [0.5, 0.6) is 0 Å². The molecule has 0 aromatic carbocycles. The third-order valence-corrected chi connectivity index (χ3v) is 5.30. The van der Waals surface area contributed by atoms with Gasteiger partial charge in [0, 0.05) is 9.76 Å². The Balaban J connectivity index is 3.01. The Morgan fingerprint density at radius 2 is 0.400 bits per heavy atom. The van der Waals surface area contributed by atoms with E-state index in [2.05, 4.69) is 38.5 Å². The van der Waals surface area contributed by atoms with Gasteiger partial charge in [-0.3, -0.25) is 0 Å². The van der Waals surface area contributed by atoms with Gasteiger partial charge in [-0.05, 0) is 0 Å². The third-order valence-electron chi connectivity index (χ3n) is 4.54. The molecule has 0 aliphatic heterocycles. The summed E-state index contributed by atoms with van der Waals surface area (Å²) in [4.78, 5) is 0. The summed E-state index contributed by atoms with van der Waals surface area (Å²) in [7, 11) is 0. The number of ether oxygens (including phenoxy) is 12. The molecule has 14 heteroatoms. The summed E-state index contributed by atoms with van der Waals surface area (Å²) in [6, 6.07) is 0. The van der Waals surface area contributed by atoms with Gasteiger partial charge >= 0.3 is 0 Å². The Hall–Kier alpha value is 0.730. The van der Waals surface area contributed by atoms with E-state index in [9.17, 15) is 0 Å². The Labute approximate surface area is 262 Å². The standard InChI is InChI=1S/C26H52BrIO12/c27-1-3-29-5-7-31-9-11-33-13-15-35-17-19-37-21-23-39-25-26-40-24-22-38-20-18-36-16-14-34-12-10-32-8-6-30-4-2-28/h1-26H2. The van der Waals surface area contributed by atoms with Crippen LogP contribution in [0.1, 0.15) is 0 Å². The van der Waals surface area contributed by atoms with Gasteiger partial charge in [0.15, 0.2) is 0 Å². The zero-order valence-electron chi connectivity index (χ0n) is 24.0. The first-order valence-corrected chi connectivity index (χ1v) is 16.6. The Kier molecular flexibility index (Phi) is 40.5. The number of alkyl halides is 2. The second kappa shape index (κ2) is 39.7. The van der Waals surface area contributed by atoms with E-state index in [1.165, 1.54) is 0 Å². The highest BCUT2D eigenvalue weighted by molar-refractivity contribution is 14.1. The lowest BCUT2D eigenvalue weighted by atomic mass is 10.6. The van der Waals surface area contributed by atoms with E-state index in [0.717, 1.165) is 16.4 Å². The van der Waals surface area contributed by atoms with E-state index in [1.54, 1.807) is 0 Å². The predicted molar refractivity (Wildman–Crippen MR) is 163 cm³/mol. The van der Waals surface area contributed by atoms with Gasteiger partial charge in [0.1, 0.15) is 0 Å². The minimum atomic E-state index is 0.519. The smallest absolute Gasteiger partial charge is 0.0701 e. The van der Waals surface area contributed by atoms with Crippen LogP contribution in [0.2, 0.25) is 0 Å². The summed E-state index contributed by atoms with van der Waals surface area (Å²) in [5.41, 5.74) is 0. The lowest BCUT2D eigenvalue weighted by Gasteiger charge is -2.09. The first kappa shape index (κ1) is 40.7. The van der Waals surface area contributed by atoms with Crippen molar-refractivity contribution in [1.29, 1.82) is 0 Å². The molecule has 0 fully saturated rings. The van der Waals surface area contributed by atoms with Crippen LogP contribution >= 0.6 is 38.5 Å². The van der Waals surface area contributed by atoms with Gasteiger partial charge in [0.25, 0.3) is 0 Å². The zero-order valence-corrected chi connectivity index (χ0v) is 27.8. The van der Waals surface area contributed by atoms with Crippen LogP contribution in [0.3, 0.4) is 0 Å². The molecule has 0 spiro atoms. The summed E-state index contributed by atoms with van der Waals surface area (Å²) >= 11 is 5.58. The van der Waals surface area contributed by atoms with E-state index in [4.69, 9.17) is 56.8 Å². The normalized spacial score (nSPS) is 11.6. The summed E-state index contributed by atoms with van der Waals surface area (Å²) < 4.78 is 66.0. The van der Waals surface area contributed by atoms with Crippen LogP contribution in [-0.4, -0.2) is 168 Å². The predicted octanol–water partition coefficient (Wildman–Crippen LogP) is 2.02. The summed E-state index contributed by atoms with van der Waals surface area (Å²) in [6.07, 6.45) is 0. The zero-order chi connectivity index (χ0) is 28.9. The first-order valence-electron chi connectivity index (χ1n) is 14.0. The third kappa shape index (κ3) is 38.7. The second-order valence-electron chi connectivity index (χ2n) is 7.73. The van der Waals surface area contributed by atoms with Crippen molar-refractivity contribution in [2.75, 3.05) is 168 Å². The first-order chi connectivity index (χ1) is 19.9. The Morgan fingerprint density at radius 1 is 0.250 bits per heavy atom. The summed E-state index contributed by atoms with van der Waals surface area (Å²) in [6.45, 7) is 13.5. The molecule has 0 amide bonds. The van der Waals surface area contributed by atoms with Crippen molar-refractivity contribution in [2.45, 2.75) is 0 Å². The molecule has 0 heterocycles. The molecule has 12 nitrogen and oxygen atoms in total. The molecule has 0 saturated heterocycles. The molecule has 0 aliphatic rings. The number of hydrogen-bond donors (Lipinski definition) is 0. The van der Waals surface area contributed by atoms with Gasteiger partial charge in [-0.15, -0.1) is 0 Å². The molecular weight excluding hydrogens is 711 g/mol. The summed E-state index contributed by atoms with van der Waals surface area (Å²) in [5.74, 6) is 0. The van der Waals surface area contributed by atoms with E-state index in [0.29, 0.717) is 152 Å². The fraction of sp³-hybridized carbons (Fsp3) is 1.00. The monoisotopic (exact) mass is 762 g/mol. The molecule has 0 unspecified atom stereocenters. The van der Waals surface area contributed by atoms with Crippen molar-refractivity contribution in [1.82, 2.24) is 0 Å². The Morgan fingerprint density at radius 3 is 0.550 bits per heavy atom. The average Bonchev–Trinajstić information content (AvgIpc) is 2.97. The second-order valence-corrected chi connectivity index (χ2v) is 9.60. The molecule has 0 aromatic rings. The fourth-order valence-electron chi connectivity index (χ4n) is 2.63. The SMILES string of the molecule is BrCCOCCOCCOCCOCCOCCOCCOCCOCCOCCOCCOCCOCCI. The van der Waals surface area contributed by atoms with Crippen molar-refractivity contribution in [3.63, 3.8) is 0 Å². The molecule has 0 N–H and O–H groups in total. The van der Waals surface area contributed by atoms with Crippen LogP contribution in [0, 0.1) is 0 Å². The molecule has 0 bridgehead atoms. The van der Waals surface area contributed by atoms with Crippen LogP contribution in [0.4, 0.5) is 0 Å². The molecular formula is C26H52BrIO12. The highest BCUT2D eigenvalue weighted by atomic mass is 127. The maximum absolute atomic E-state index is 5.47. The number of hydrogen-bond acceptors (Lipinski definition) is 12. The molecule has 0 rings (SSSR count). The highest BCUT2D eigenvalue weighted by Gasteiger charge is 1.96. The highest BCUT2D eigenvalue weighted by Crippen LogP contribution is 1.88. The topological polar surface area (TPSA) is 111 Å². The van der Waals surface area contributed by atoms with E-state index >= 15 is 0 Å². The quantitative estimate of drug-likeness (QED) is 0.0525. The van der Waals surface area contributed by atoms with Crippen molar-refractivity contribution in [3.8, 4) is 0 Å². The van der Waals surface area contributed by atoms with Crippen molar-refractivity contribution in [2.24, 2.45) is 0 Å². The van der Waals surface area contributed by atoms with Gasteiger partial charge in [-0.1, -0.05) is 38.5 Å². The lowest BCUT2D eigenvalue weighted by molar-refractivity contribution is -0.0281. The molecule has 242 valence electrons. The van der Waals surface area contributed by atoms with Crippen molar-refractivity contribution >= 4 is 38.5 Å². The van der Waals surface area contributed by atoms with Crippen LogP contribution in [-0.2, 0) is 56.8 Å². The van der Waals surface area contributed by atoms with Crippen LogP contribution < -0.4 is 0 Å². The maximum atomic E-state index is 5.47. The number of rotatable bonds is 37. The molecule has 0 saturated carbocycles. The summed E-state index contributed by atoms with van der Waals surface area (Å²) in [5, 5.41) is 0.839. The van der Waals surface area contributed by atoms with E-state index in [-0.39, 0.29) is 0 Å². The lowest BCUT2D eigenvalue weighted by Crippen LogP contribution is -2.15. The molecule has 0 aromatic heterocycles. The fourth-order valence-corrected chi connectivity index (χ4v) is 3.17. The molecule has 0 radical (unpaired) electrons. The van der Waals surface area contributed by atoms with Gasteiger partial charge in [0.05, 0.1) is 159 Å². The van der Waals surface area contributed by atoms with Gasteiger partial charge in [-0.25, -0.2) is 0 Å². The van der Waals surface area contributed by atoms with Crippen LogP contribution in [0.25, 0.3) is 0 Å². The van der Waals surface area contributed by atoms with E-state index < -0.39 is 0 Å². The van der Waals surface area contributed by atoms with E-state index in [1.807, 2.05) is 0 Å². The average molecular weight is 763 g/mol. The van der Waals surface area contributed by atoms with Gasteiger partial charge < -0.3 is 56.8 Å². The maximum Gasteiger partial charge on any atom is 0.0701 e. The Bertz CT molecular complexity index is 408. The van der Waals surface area contributed by atoms with Gasteiger partial charge in [0.2, 0.25) is 0 Å². The minimum Gasteiger partial charge on any atom is -0.378 e. The van der Waals surface area contributed by atoms with Gasteiger partial charge in [-0.2, -0.15) is 0 Å².